The summed E-state index contributed by atoms with van der Waals surface area (Å²) in [5.41, 5.74) is 1.000. The molecule has 4 nitrogen and oxygen atoms in total. The van der Waals surface area contributed by atoms with E-state index in [0.29, 0.717) is 11.1 Å². The maximum atomic E-state index is 12.0. The summed E-state index contributed by atoms with van der Waals surface area (Å²) in [5, 5.41) is 11.6. The Morgan fingerprint density at radius 1 is 1.65 bits per heavy atom. The number of hydrogen-bond acceptors (Lipinski definition) is 3. The molecule has 2 N–H and O–H groups in total. The highest BCUT2D eigenvalue weighted by atomic mass is 16.2. The third-order valence-corrected chi connectivity index (χ3v) is 2.78. The van der Waals surface area contributed by atoms with Gasteiger partial charge in [0.25, 0.3) is 5.91 Å². The van der Waals surface area contributed by atoms with Crippen LogP contribution in [0.15, 0.2) is 18.5 Å². The van der Waals surface area contributed by atoms with Gasteiger partial charge in [0.15, 0.2) is 0 Å². The summed E-state index contributed by atoms with van der Waals surface area (Å²) in [6, 6.07) is 1.64. The molecule has 1 aromatic heterocycles. The molecule has 0 aromatic carbocycles. The van der Waals surface area contributed by atoms with Gasteiger partial charge < -0.3 is 10.4 Å². The summed E-state index contributed by atoms with van der Waals surface area (Å²) in [6.45, 7) is 1.79. The van der Waals surface area contributed by atoms with Crippen LogP contribution >= 0.6 is 0 Å². The van der Waals surface area contributed by atoms with Gasteiger partial charge in [-0.1, -0.05) is 11.8 Å². The molecule has 0 radical (unpaired) electrons. The Morgan fingerprint density at radius 2 is 2.41 bits per heavy atom. The van der Waals surface area contributed by atoms with Gasteiger partial charge in [0.05, 0.1) is 11.1 Å². The average Bonchev–Trinajstić information content (AvgIpc) is 3.04. The Bertz CT molecular complexity index is 496. The lowest BCUT2D eigenvalue weighted by molar-refractivity contribution is 0.0935. The Balaban J connectivity index is 2.21. The number of amides is 1. The molecule has 1 aliphatic carbocycles. The number of pyridine rings is 1. The molecule has 0 aliphatic heterocycles. The van der Waals surface area contributed by atoms with Crippen molar-refractivity contribution in [3.8, 4) is 11.8 Å². The highest BCUT2D eigenvalue weighted by Gasteiger charge is 2.39. The van der Waals surface area contributed by atoms with Crippen LogP contribution in [-0.4, -0.2) is 28.1 Å². The second-order valence-electron chi connectivity index (χ2n) is 4.40. The molecule has 1 aliphatic rings. The van der Waals surface area contributed by atoms with E-state index in [0.717, 1.165) is 12.8 Å². The molecular weight excluding hydrogens is 216 g/mol. The number of aromatic nitrogens is 1. The van der Waals surface area contributed by atoms with Crippen molar-refractivity contribution in [2.45, 2.75) is 25.3 Å². The summed E-state index contributed by atoms with van der Waals surface area (Å²) < 4.78 is 0. The van der Waals surface area contributed by atoms with E-state index in [9.17, 15) is 4.79 Å². The van der Waals surface area contributed by atoms with Gasteiger partial charge in [-0.05, 0) is 25.8 Å². The van der Waals surface area contributed by atoms with Crippen LogP contribution in [0.3, 0.4) is 0 Å². The number of rotatable bonds is 2. The normalized spacial score (nSPS) is 15.6. The van der Waals surface area contributed by atoms with Crippen LogP contribution in [-0.2, 0) is 0 Å². The van der Waals surface area contributed by atoms with Crippen LogP contribution < -0.4 is 5.32 Å². The van der Waals surface area contributed by atoms with Crippen molar-refractivity contribution < 1.29 is 9.90 Å². The number of aliphatic hydroxyl groups excluding tert-OH is 1. The zero-order chi connectivity index (χ0) is 12.3. The monoisotopic (exact) mass is 230 g/mol. The van der Waals surface area contributed by atoms with Crippen LogP contribution in [0.2, 0.25) is 0 Å². The molecule has 1 amide bonds. The van der Waals surface area contributed by atoms with Gasteiger partial charge in [-0.3, -0.25) is 9.78 Å². The van der Waals surface area contributed by atoms with Gasteiger partial charge >= 0.3 is 0 Å². The molecule has 2 rings (SSSR count). The van der Waals surface area contributed by atoms with Gasteiger partial charge in [0, 0.05) is 17.9 Å². The Morgan fingerprint density at radius 3 is 3.06 bits per heavy atom. The lowest BCUT2D eigenvalue weighted by Gasteiger charge is -2.12. The van der Waals surface area contributed by atoms with Crippen molar-refractivity contribution in [3.63, 3.8) is 0 Å². The fourth-order valence-corrected chi connectivity index (χ4v) is 1.48. The molecule has 0 atom stereocenters. The van der Waals surface area contributed by atoms with E-state index in [4.69, 9.17) is 5.11 Å². The average molecular weight is 230 g/mol. The van der Waals surface area contributed by atoms with Crippen LogP contribution in [0.5, 0.6) is 0 Å². The van der Waals surface area contributed by atoms with Crippen molar-refractivity contribution >= 4 is 5.91 Å². The standard InChI is InChI=1S/C13H14N2O2/c1-13(5-6-13)15-12(17)11-4-7-14-9-10(11)3-2-8-16/h4,7,9,16H,5-6,8H2,1H3,(H,15,17). The fraction of sp³-hybridized carbons (Fsp3) is 0.385. The van der Waals surface area contributed by atoms with Gasteiger partial charge in [0.1, 0.15) is 6.61 Å². The van der Waals surface area contributed by atoms with Gasteiger partial charge in [0.2, 0.25) is 0 Å². The molecule has 1 heterocycles. The predicted molar refractivity (Wildman–Crippen MR) is 63.3 cm³/mol. The van der Waals surface area contributed by atoms with E-state index in [1.165, 1.54) is 6.20 Å². The molecule has 0 saturated heterocycles. The number of nitrogens with one attached hydrogen (secondary N) is 1. The highest BCUT2D eigenvalue weighted by Crippen LogP contribution is 2.34. The summed E-state index contributed by atoms with van der Waals surface area (Å²) in [7, 11) is 0. The molecule has 1 saturated carbocycles. The van der Waals surface area contributed by atoms with Crippen molar-refractivity contribution in [2.75, 3.05) is 6.61 Å². The number of aliphatic hydroxyl groups is 1. The first kappa shape index (κ1) is 11.6. The molecule has 0 spiro atoms. The summed E-state index contributed by atoms with van der Waals surface area (Å²) >= 11 is 0. The Kier molecular flexibility index (Phi) is 3.12. The first-order chi connectivity index (χ1) is 8.14. The zero-order valence-corrected chi connectivity index (χ0v) is 9.66. The molecule has 88 valence electrons. The third kappa shape index (κ3) is 2.83. The quantitative estimate of drug-likeness (QED) is 0.735. The first-order valence-electron chi connectivity index (χ1n) is 5.51. The van der Waals surface area contributed by atoms with Crippen LogP contribution in [0.1, 0.15) is 35.7 Å². The fourth-order valence-electron chi connectivity index (χ4n) is 1.48. The van der Waals surface area contributed by atoms with Gasteiger partial charge in [-0.15, -0.1) is 0 Å². The zero-order valence-electron chi connectivity index (χ0n) is 9.66. The number of nitrogens with zero attached hydrogens (tertiary/aromatic N) is 1. The SMILES string of the molecule is CC1(NC(=O)c2ccncc2C#CCO)CC1. The second-order valence-corrected chi connectivity index (χ2v) is 4.40. The van der Waals surface area contributed by atoms with E-state index >= 15 is 0 Å². The van der Waals surface area contributed by atoms with Crippen molar-refractivity contribution in [1.82, 2.24) is 10.3 Å². The van der Waals surface area contributed by atoms with Crippen molar-refractivity contribution in [2.24, 2.45) is 0 Å². The molecule has 17 heavy (non-hydrogen) atoms. The van der Waals surface area contributed by atoms with E-state index in [2.05, 4.69) is 22.1 Å². The van der Waals surface area contributed by atoms with Gasteiger partial charge in [-0.2, -0.15) is 0 Å². The van der Waals surface area contributed by atoms with Crippen LogP contribution in [0.4, 0.5) is 0 Å². The minimum atomic E-state index is -0.229. The minimum Gasteiger partial charge on any atom is -0.384 e. The molecule has 4 heteroatoms. The molecule has 0 unspecified atom stereocenters. The topological polar surface area (TPSA) is 62.2 Å². The molecular formula is C13H14N2O2. The Labute approximate surface area is 100 Å². The van der Waals surface area contributed by atoms with Crippen LogP contribution in [0, 0.1) is 11.8 Å². The predicted octanol–water partition coefficient (Wildman–Crippen LogP) is 0.708. The highest BCUT2D eigenvalue weighted by molar-refractivity contribution is 5.97. The van der Waals surface area contributed by atoms with E-state index in [-0.39, 0.29) is 18.1 Å². The largest absolute Gasteiger partial charge is 0.384 e. The second kappa shape index (κ2) is 4.56. The van der Waals surface area contributed by atoms with Crippen molar-refractivity contribution in [1.29, 1.82) is 0 Å². The molecule has 1 fully saturated rings. The molecule has 1 aromatic rings. The minimum absolute atomic E-state index is 0.0535. The maximum absolute atomic E-state index is 12.0. The smallest absolute Gasteiger partial charge is 0.253 e. The van der Waals surface area contributed by atoms with Crippen molar-refractivity contribution in [3.05, 3.63) is 29.6 Å². The summed E-state index contributed by atoms with van der Waals surface area (Å²) in [6.07, 6.45) is 5.13. The Hall–Kier alpha value is -1.86. The van der Waals surface area contributed by atoms with Gasteiger partial charge in [-0.25, -0.2) is 0 Å². The number of carbonyl (C=O) groups excluding carboxylic acids is 1. The number of carbonyl (C=O) groups is 1. The van der Waals surface area contributed by atoms with E-state index < -0.39 is 0 Å². The maximum Gasteiger partial charge on any atom is 0.253 e. The van der Waals surface area contributed by atoms with Crippen LogP contribution in [0.25, 0.3) is 0 Å². The summed E-state index contributed by atoms with van der Waals surface area (Å²) in [5.74, 6) is 5.12. The number of hydrogen-bond donors (Lipinski definition) is 2. The first-order valence-corrected chi connectivity index (χ1v) is 5.51. The summed E-state index contributed by atoms with van der Waals surface area (Å²) in [4.78, 5) is 15.9. The molecule has 0 bridgehead atoms. The van der Waals surface area contributed by atoms with E-state index in [1.54, 1.807) is 12.3 Å². The van der Waals surface area contributed by atoms with E-state index in [1.807, 2.05) is 6.92 Å². The third-order valence-electron chi connectivity index (χ3n) is 2.78. The lowest BCUT2D eigenvalue weighted by atomic mass is 10.1. The lowest BCUT2D eigenvalue weighted by Crippen LogP contribution is -2.34.